The van der Waals surface area contributed by atoms with Crippen LogP contribution in [0.4, 0.5) is 17.2 Å². The number of rotatable bonds is 9. The number of hydrogen-bond donors (Lipinski definition) is 2. The zero-order valence-electron chi connectivity index (χ0n) is 16.9. The molecule has 0 atom stereocenters. The topological polar surface area (TPSA) is 70.2 Å². The second kappa shape index (κ2) is 10.2. The Balaban J connectivity index is 1.59. The number of amides is 1. The number of hydrogen-bond acceptors (Lipinski definition) is 5. The van der Waals surface area contributed by atoms with E-state index in [2.05, 4.69) is 39.3 Å². The molecule has 0 fully saturated rings. The first-order valence-electron chi connectivity index (χ1n) is 9.96. The second-order valence-electron chi connectivity index (χ2n) is 6.58. The van der Waals surface area contributed by atoms with Crippen LogP contribution in [-0.2, 0) is 6.42 Å². The molecule has 3 rings (SSSR count). The Bertz CT molecular complexity index is 908. The summed E-state index contributed by atoms with van der Waals surface area (Å²) in [5.74, 6) is 0.554. The molecule has 0 aliphatic rings. The molecule has 0 spiro atoms. The van der Waals surface area contributed by atoms with E-state index in [1.165, 1.54) is 0 Å². The van der Waals surface area contributed by atoms with E-state index in [1.807, 2.05) is 48.5 Å². The molecule has 1 aromatic carbocycles. The molecule has 2 aromatic heterocycles. The molecule has 2 heterocycles. The van der Waals surface area contributed by atoms with E-state index in [4.69, 9.17) is 0 Å². The van der Waals surface area contributed by atoms with Crippen molar-refractivity contribution in [3.8, 4) is 0 Å². The van der Waals surface area contributed by atoms with E-state index in [0.29, 0.717) is 11.4 Å². The van der Waals surface area contributed by atoms with E-state index >= 15 is 0 Å². The molecule has 0 unspecified atom stereocenters. The van der Waals surface area contributed by atoms with Gasteiger partial charge in [-0.15, -0.1) is 0 Å². The minimum Gasteiger partial charge on any atom is -0.385 e. The number of carbonyl (C=O) groups is 1. The Morgan fingerprint density at radius 1 is 0.897 bits per heavy atom. The van der Waals surface area contributed by atoms with Gasteiger partial charge >= 0.3 is 0 Å². The third-order valence-electron chi connectivity index (χ3n) is 4.67. The maximum Gasteiger partial charge on any atom is 0.259 e. The highest BCUT2D eigenvalue weighted by atomic mass is 16.1. The number of nitrogens with zero attached hydrogens (tertiary/aromatic N) is 3. The molecule has 0 saturated carbocycles. The van der Waals surface area contributed by atoms with Crippen LogP contribution in [0.15, 0.2) is 67.0 Å². The zero-order chi connectivity index (χ0) is 20.5. The SMILES string of the molecule is CCN(CC)c1ncccc1C(=O)Nc1ccc(NCCc2ccccn2)cc1. The lowest BCUT2D eigenvalue weighted by Crippen LogP contribution is -2.26. The van der Waals surface area contributed by atoms with Crippen molar-refractivity contribution in [1.82, 2.24) is 9.97 Å². The summed E-state index contributed by atoms with van der Waals surface area (Å²) in [6.07, 6.45) is 4.38. The number of pyridine rings is 2. The molecular weight excluding hydrogens is 362 g/mol. The average Bonchev–Trinajstić information content (AvgIpc) is 2.77. The second-order valence-corrected chi connectivity index (χ2v) is 6.58. The number of nitrogens with one attached hydrogen (secondary N) is 2. The van der Waals surface area contributed by atoms with E-state index in [0.717, 1.165) is 43.1 Å². The van der Waals surface area contributed by atoms with Gasteiger partial charge in [0.1, 0.15) is 5.82 Å². The van der Waals surface area contributed by atoms with Crippen molar-refractivity contribution in [2.24, 2.45) is 0 Å². The third kappa shape index (κ3) is 5.54. The summed E-state index contributed by atoms with van der Waals surface area (Å²) in [7, 11) is 0. The normalized spacial score (nSPS) is 10.4. The van der Waals surface area contributed by atoms with Crippen molar-refractivity contribution in [1.29, 1.82) is 0 Å². The van der Waals surface area contributed by atoms with E-state index in [-0.39, 0.29) is 5.91 Å². The van der Waals surface area contributed by atoms with Crippen LogP contribution in [0.25, 0.3) is 0 Å². The molecule has 0 saturated heterocycles. The van der Waals surface area contributed by atoms with Crippen LogP contribution in [0, 0.1) is 0 Å². The highest BCUT2D eigenvalue weighted by Crippen LogP contribution is 2.20. The average molecular weight is 390 g/mol. The molecule has 0 aliphatic carbocycles. The molecule has 150 valence electrons. The molecular formula is C23H27N5O. The van der Waals surface area contributed by atoms with E-state index < -0.39 is 0 Å². The fourth-order valence-electron chi connectivity index (χ4n) is 3.10. The van der Waals surface area contributed by atoms with Crippen molar-refractivity contribution >= 4 is 23.1 Å². The lowest BCUT2D eigenvalue weighted by molar-refractivity contribution is 0.102. The monoisotopic (exact) mass is 389 g/mol. The minimum atomic E-state index is -0.157. The van der Waals surface area contributed by atoms with Gasteiger partial charge in [0.15, 0.2) is 0 Å². The van der Waals surface area contributed by atoms with Crippen LogP contribution in [0.5, 0.6) is 0 Å². The molecule has 29 heavy (non-hydrogen) atoms. The highest BCUT2D eigenvalue weighted by molar-refractivity contribution is 6.07. The number of benzene rings is 1. The molecule has 0 radical (unpaired) electrons. The summed E-state index contributed by atoms with van der Waals surface area (Å²) in [4.78, 5) is 23.6. The first-order chi connectivity index (χ1) is 14.2. The predicted octanol–water partition coefficient (Wildman–Crippen LogP) is 4.23. The Hall–Kier alpha value is -3.41. The molecule has 3 aromatic rings. The Morgan fingerprint density at radius 2 is 1.62 bits per heavy atom. The van der Waals surface area contributed by atoms with Crippen molar-refractivity contribution < 1.29 is 4.79 Å². The maximum atomic E-state index is 12.8. The summed E-state index contributed by atoms with van der Waals surface area (Å²) in [6.45, 7) is 6.50. The maximum absolute atomic E-state index is 12.8. The van der Waals surface area contributed by atoms with Gasteiger partial charge in [0.05, 0.1) is 5.56 Å². The van der Waals surface area contributed by atoms with Gasteiger partial charge in [0.25, 0.3) is 5.91 Å². The first kappa shape index (κ1) is 20.3. The molecule has 6 heteroatoms. The van der Waals surface area contributed by atoms with Gasteiger partial charge < -0.3 is 15.5 Å². The summed E-state index contributed by atoms with van der Waals surface area (Å²) in [6, 6.07) is 17.2. The van der Waals surface area contributed by atoms with Gasteiger partial charge in [0, 0.05) is 55.5 Å². The highest BCUT2D eigenvalue weighted by Gasteiger charge is 2.16. The Morgan fingerprint density at radius 3 is 2.31 bits per heavy atom. The van der Waals surface area contributed by atoms with Crippen LogP contribution in [0.3, 0.4) is 0 Å². The van der Waals surface area contributed by atoms with Crippen molar-refractivity contribution in [2.75, 3.05) is 35.2 Å². The largest absolute Gasteiger partial charge is 0.385 e. The van der Waals surface area contributed by atoms with Gasteiger partial charge in [-0.1, -0.05) is 6.07 Å². The predicted molar refractivity (Wildman–Crippen MR) is 119 cm³/mol. The summed E-state index contributed by atoms with van der Waals surface area (Å²) in [5, 5.41) is 6.34. The zero-order valence-corrected chi connectivity index (χ0v) is 16.9. The van der Waals surface area contributed by atoms with Crippen LogP contribution in [0.1, 0.15) is 29.9 Å². The van der Waals surface area contributed by atoms with Crippen LogP contribution in [-0.4, -0.2) is 35.5 Å². The number of anilines is 3. The molecule has 2 N–H and O–H groups in total. The standard InChI is InChI=1S/C23H27N5O/c1-3-28(4-2)22-21(9-7-16-26-22)23(29)27-20-12-10-19(11-13-20)25-17-14-18-8-5-6-15-24-18/h5-13,15-16,25H,3-4,14,17H2,1-2H3,(H,27,29). The van der Waals surface area contributed by atoms with Gasteiger partial charge in [-0.05, 0) is 62.4 Å². The Kier molecular flexibility index (Phi) is 7.16. The molecule has 0 aliphatic heterocycles. The van der Waals surface area contributed by atoms with Crippen LogP contribution >= 0.6 is 0 Å². The van der Waals surface area contributed by atoms with Crippen LogP contribution in [0.2, 0.25) is 0 Å². The van der Waals surface area contributed by atoms with Gasteiger partial charge in [-0.25, -0.2) is 4.98 Å². The summed E-state index contributed by atoms with van der Waals surface area (Å²) >= 11 is 0. The molecule has 6 nitrogen and oxygen atoms in total. The number of carbonyl (C=O) groups excluding carboxylic acids is 1. The summed E-state index contributed by atoms with van der Waals surface area (Å²) < 4.78 is 0. The Labute approximate surface area is 172 Å². The lowest BCUT2D eigenvalue weighted by Gasteiger charge is -2.22. The first-order valence-corrected chi connectivity index (χ1v) is 9.96. The third-order valence-corrected chi connectivity index (χ3v) is 4.67. The van der Waals surface area contributed by atoms with E-state index in [9.17, 15) is 4.79 Å². The molecule has 0 bridgehead atoms. The van der Waals surface area contributed by atoms with Crippen molar-refractivity contribution in [3.63, 3.8) is 0 Å². The molecule has 1 amide bonds. The van der Waals surface area contributed by atoms with Gasteiger partial charge in [-0.2, -0.15) is 0 Å². The number of aromatic nitrogens is 2. The summed E-state index contributed by atoms with van der Waals surface area (Å²) in [5.41, 5.74) is 3.39. The lowest BCUT2D eigenvalue weighted by atomic mass is 10.2. The van der Waals surface area contributed by atoms with E-state index in [1.54, 1.807) is 18.5 Å². The van der Waals surface area contributed by atoms with Crippen molar-refractivity contribution in [3.05, 3.63) is 78.2 Å². The quantitative estimate of drug-likeness (QED) is 0.573. The smallest absolute Gasteiger partial charge is 0.259 e. The fourth-order valence-corrected chi connectivity index (χ4v) is 3.10. The fraction of sp³-hybridized carbons (Fsp3) is 0.261. The van der Waals surface area contributed by atoms with Crippen molar-refractivity contribution in [2.45, 2.75) is 20.3 Å². The minimum absolute atomic E-state index is 0.157. The van der Waals surface area contributed by atoms with Gasteiger partial charge in [0.2, 0.25) is 0 Å². The van der Waals surface area contributed by atoms with Gasteiger partial charge in [-0.3, -0.25) is 9.78 Å². The van der Waals surface area contributed by atoms with Crippen LogP contribution < -0.4 is 15.5 Å².